The maximum absolute atomic E-state index is 12.8. The van der Waals surface area contributed by atoms with Gasteiger partial charge in [0, 0.05) is 36.4 Å². The van der Waals surface area contributed by atoms with Crippen LogP contribution in [0.2, 0.25) is 0 Å². The third-order valence-corrected chi connectivity index (χ3v) is 4.86. The molecule has 2 amide bonds. The molecule has 5 rings (SSSR count). The molecule has 0 bridgehead atoms. The molecule has 134 valence electrons. The number of anilines is 2. The third-order valence-electron chi connectivity index (χ3n) is 4.86. The van der Waals surface area contributed by atoms with Crippen molar-refractivity contribution in [3.05, 3.63) is 66.5 Å². The number of ether oxygens (including phenoxy) is 2. The molecule has 2 aliphatic heterocycles. The highest BCUT2D eigenvalue weighted by molar-refractivity contribution is 6.03. The van der Waals surface area contributed by atoms with Crippen molar-refractivity contribution in [2.24, 2.45) is 0 Å². The Morgan fingerprint density at radius 1 is 0.963 bits per heavy atom. The molecule has 0 radical (unpaired) electrons. The molecule has 0 atom stereocenters. The van der Waals surface area contributed by atoms with Crippen LogP contribution >= 0.6 is 0 Å². The minimum atomic E-state index is -0.149. The number of urea groups is 1. The molecule has 6 nitrogen and oxygen atoms in total. The maximum atomic E-state index is 12.8. The number of carbonyl (C=O) groups is 1. The van der Waals surface area contributed by atoms with Gasteiger partial charge in [0.15, 0.2) is 11.5 Å². The number of carbonyl (C=O) groups excluding carboxylic acids is 1. The van der Waals surface area contributed by atoms with Gasteiger partial charge in [-0.3, -0.25) is 9.88 Å². The van der Waals surface area contributed by atoms with Crippen molar-refractivity contribution < 1.29 is 14.3 Å². The summed E-state index contributed by atoms with van der Waals surface area (Å²) >= 11 is 0. The Morgan fingerprint density at radius 2 is 1.81 bits per heavy atom. The summed E-state index contributed by atoms with van der Waals surface area (Å²) in [7, 11) is 0. The predicted molar refractivity (Wildman–Crippen MR) is 102 cm³/mol. The highest BCUT2D eigenvalue weighted by Gasteiger charge is 2.25. The summed E-state index contributed by atoms with van der Waals surface area (Å²) < 4.78 is 10.7. The molecule has 3 aromatic rings. The quantitative estimate of drug-likeness (QED) is 0.749. The molecule has 2 aromatic carbocycles. The van der Waals surface area contributed by atoms with Gasteiger partial charge < -0.3 is 14.8 Å². The van der Waals surface area contributed by atoms with E-state index in [9.17, 15) is 4.79 Å². The van der Waals surface area contributed by atoms with E-state index >= 15 is 0 Å². The van der Waals surface area contributed by atoms with Crippen LogP contribution < -0.4 is 19.7 Å². The van der Waals surface area contributed by atoms with Crippen LogP contribution in [0, 0.1) is 0 Å². The van der Waals surface area contributed by atoms with Crippen molar-refractivity contribution in [3.63, 3.8) is 0 Å². The van der Waals surface area contributed by atoms with Crippen molar-refractivity contribution in [1.29, 1.82) is 0 Å². The SMILES string of the molecule is O=C(Nc1ccc2c(c1)OCO2)N1CCc2cc(-c3ccncc3)ccc21. The Labute approximate surface area is 156 Å². The number of benzene rings is 2. The molecular formula is C21H17N3O3. The van der Waals surface area contributed by atoms with Gasteiger partial charge in [-0.15, -0.1) is 0 Å². The van der Waals surface area contributed by atoms with Gasteiger partial charge in [-0.2, -0.15) is 0 Å². The minimum absolute atomic E-state index is 0.149. The fraction of sp³-hybridized carbons (Fsp3) is 0.143. The molecule has 1 aromatic heterocycles. The van der Waals surface area contributed by atoms with E-state index in [4.69, 9.17) is 9.47 Å². The fourth-order valence-electron chi connectivity index (χ4n) is 3.50. The van der Waals surface area contributed by atoms with Crippen LogP contribution in [-0.4, -0.2) is 24.4 Å². The topological polar surface area (TPSA) is 63.7 Å². The lowest BCUT2D eigenvalue weighted by Gasteiger charge is -2.18. The van der Waals surface area contributed by atoms with Crippen molar-refractivity contribution in [2.75, 3.05) is 23.6 Å². The van der Waals surface area contributed by atoms with Gasteiger partial charge in [0.1, 0.15) is 0 Å². The largest absolute Gasteiger partial charge is 0.454 e. The first-order chi connectivity index (χ1) is 13.3. The van der Waals surface area contributed by atoms with Crippen molar-refractivity contribution in [1.82, 2.24) is 4.98 Å². The first kappa shape index (κ1) is 15.7. The Hall–Kier alpha value is -3.54. The van der Waals surface area contributed by atoms with Crippen LogP contribution in [0.3, 0.4) is 0 Å². The number of hydrogen-bond acceptors (Lipinski definition) is 4. The number of fused-ring (bicyclic) bond motifs is 2. The van der Waals surface area contributed by atoms with E-state index in [1.807, 2.05) is 30.3 Å². The standard InChI is InChI=1S/C21H17N3O3/c25-21(23-17-2-4-19-20(12-17)27-13-26-19)24-10-7-16-11-15(1-3-18(16)24)14-5-8-22-9-6-14/h1-6,8-9,11-12H,7,10,13H2,(H,23,25). The molecule has 27 heavy (non-hydrogen) atoms. The van der Waals surface area contributed by atoms with Crippen molar-refractivity contribution in [2.45, 2.75) is 6.42 Å². The number of hydrogen-bond donors (Lipinski definition) is 1. The van der Waals surface area contributed by atoms with Crippen molar-refractivity contribution >= 4 is 17.4 Å². The molecule has 0 unspecified atom stereocenters. The van der Waals surface area contributed by atoms with Crippen LogP contribution in [-0.2, 0) is 6.42 Å². The Kier molecular flexibility index (Phi) is 3.67. The summed E-state index contributed by atoms with van der Waals surface area (Å²) in [4.78, 5) is 18.6. The molecule has 6 heteroatoms. The molecule has 0 aliphatic carbocycles. The van der Waals surface area contributed by atoms with Crippen LogP contribution in [0.15, 0.2) is 60.9 Å². The zero-order valence-corrected chi connectivity index (χ0v) is 14.5. The lowest BCUT2D eigenvalue weighted by Crippen LogP contribution is -2.33. The highest BCUT2D eigenvalue weighted by atomic mass is 16.7. The number of pyridine rings is 1. The molecule has 0 fully saturated rings. The van der Waals surface area contributed by atoms with Crippen LogP contribution in [0.25, 0.3) is 11.1 Å². The zero-order chi connectivity index (χ0) is 18.2. The number of aromatic nitrogens is 1. The van der Waals surface area contributed by atoms with Crippen LogP contribution in [0.5, 0.6) is 11.5 Å². The Balaban J connectivity index is 1.36. The molecule has 1 N–H and O–H groups in total. The average molecular weight is 359 g/mol. The average Bonchev–Trinajstić information content (AvgIpc) is 3.34. The number of rotatable bonds is 2. The lowest BCUT2D eigenvalue weighted by molar-refractivity contribution is 0.174. The second-order valence-corrected chi connectivity index (χ2v) is 6.48. The zero-order valence-electron chi connectivity index (χ0n) is 14.5. The molecule has 2 aliphatic rings. The fourth-order valence-corrected chi connectivity index (χ4v) is 3.50. The van der Waals surface area contributed by atoms with Gasteiger partial charge >= 0.3 is 6.03 Å². The normalized spacial score (nSPS) is 14.1. The van der Waals surface area contributed by atoms with Crippen LogP contribution in [0.4, 0.5) is 16.2 Å². The monoisotopic (exact) mass is 359 g/mol. The predicted octanol–water partition coefficient (Wildman–Crippen LogP) is 4.07. The number of amides is 2. The second-order valence-electron chi connectivity index (χ2n) is 6.48. The van der Waals surface area contributed by atoms with Crippen LogP contribution in [0.1, 0.15) is 5.56 Å². The Bertz CT molecular complexity index is 1020. The first-order valence-electron chi connectivity index (χ1n) is 8.79. The van der Waals surface area contributed by atoms with E-state index in [-0.39, 0.29) is 12.8 Å². The maximum Gasteiger partial charge on any atom is 0.326 e. The summed E-state index contributed by atoms with van der Waals surface area (Å²) in [5.41, 5.74) is 5.06. The second kappa shape index (κ2) is 6.32. The van der Waals surface area contributed by atoms with E-state index in [2.05, 4.69) is 16.4 Å². The summed E-state index contributed by atoms with van der Waals surface area (Å²) in [6.07, 6.45) is 4.41. The Morgan fingerprint density at radius 3 is 2.70 bits per heavy atom. The van der Waals surface area contributed by atoms with E-state index in [0.717, 1.165) is 23.2 Å². The van der Waals surface area contributed by atoms with E-state index < -0.39 is 0 Å². The van der Waals surface area contributed by atoms with Gasteiger partial charge in [-0.25, -0.2) is 4.79 Å². The van der Waals surface area contributed by atoms with Gasteiger partial charge in [-0.05, 0) is 59.5 Å². The molecule has 3 heterocycles. The van der Waals surface area contributed by atoms with Gasteiger partial charge in [-0.1, -0.05) is 6.07 Å². The summed E-state index contributed by atoms with van der Waals surface area (Å²) in [6.45, 7) is 0.873. The minimum Gasteiger partial charge on any atom is -0.454 e. The smallest absolute Gasteiger partial charge is 0.326 e. The molecule has 0 saturated heterocycles. The summed E-state index contributed by atoms with van der Waals surface area (Å²) in [5, 5.41) is 2.94. The third kappa shape index (κ3) is 2.85. The summed E-state index contributed by atoms with van der Waals surface area (Å²) in [5.74, 6) is 1.35. The lowest BCUT2D eigenvalue weighted by atomic mass is 10.0. The summed E-state index contributed by atoms with van der Waals surface area (Å²) in [6, 6.07) is 15.4. The molecule has 0 spiro atoms. The van der Waals surface area contributed by atoms with Crippen molar-refractivity contribution in [3.8, 4) is 22.6 Å². The van der Waals surface area contributed by atoms with E-state index in [1.54, 1.807) is 29.4 Å². The molecular weight excluding hydrogens is 342 g/mol. The highest BCUT2D eigenvalue weighted by Crippen LogP contribution is 2.35. The van der Waals surface area contributed by atoms with Gasteiger partial charge in [0.25, 0.3) is 0 Å². The molecule has 0 saturated carbocycles. The van der Waals surface area contributed by atoms with Gasteiger partial charge in [0.05, 0.1) is 0 Å². The number of nitrogens with one attached hydrogen (secondary N) is 1. The van der Waals surface area contributed by atoms with E-state index in [0.29, 0.717) is 23.7 Å². The van der Waals surface area contributed by atoms with Gasteiger partial charge in [0.2, 0.25) is 6.79 Å². The number of nitrogens with zero attached hydrogens (tertiary/aromatic N) is 2. The first-order valence-corrected chi connectivity index (χ1v) is 8.79. The van der Waals surface area contributed by atoms with E-state index in [1.165, 1.54) is 5.56 Å².